The summed E-state index contributed by atoms with van der Waals surface area (Å²) in [6.45, 7) is 5.25. The van der Waals surface area contributed by atoms with Gasteiger partial charge in [-0.1, -0.05) is 13.8 Å². The lowest BCUT2D eigenvalue weighted by molar-refractivity contribution is -0.141. The first-order chi connectivity index (χ1) is 13.7. The lowest BCUT2D eigenvalue weighted by Crippen LogP contribution is -2.02. The second-order valence-corrected chi connectivity index (χ2v) is 5.94. The number of methoxy groups -OCH3 is 2. The Hall–Kier alpha value is -2.24. The summed E-state index contributed by atoms with van der Waals surface area (Å²) in [5.74, 6) is 1.29. The first-order valence-corrected chi connectivity index (χ1v) is 10.1. The number of esters is 2. The Morgan fingerprint density at radius 1 is 0.643 bits per heavy atom. The molecule has 1 aromatic rings. The summed E-state index contributed by atoms with van der Waals surface area (Å²) in [5, 5.41) is 0. The van der Waals surface area contributed by atoms with Crippen molar-refractivity contribution in [1.82, 2.24) is 0 Å². The number of hydrogen-bond donors (Lipinski definition) is 0. The maximum absolute atomic E-state index is 11.0. The molecule has 1 rings (SSSR count). The first-order valence-electron chi connectivity index (χ1n) is 10.1. The van der Waals surface area contributed by atoms with Crippen molar-refractivity contribution < 1.29 is 28.5 Å². The molecule has 0 spiro atoms. The van der Waals surface area contributed by atoms with Crippen LogP contribution in [0, 0.1) is 0 Å². The molecule has 0 bridgehead atoms. The Kier molecular flexibility index (Phi) is 16.7. The Balaban J connectivity index is 0.00000352. The molecule has 0 aliphatic rings. The van der Waals surface area contributed by atoms with Crippen molar-refractivity contribution in [2.45, 2.75) is 65.2 Å². The van der Waals surface area contributed by atoms with Gasteiger partial charge in [0.15, 0.2) is 0 Å². The van der Waals surface area contributed by atoms with Crippen LogP contribution in [-0.2, 0) is 19.1 Å². The largest absolute Gasteiger partial charge is 0.494 e. The Morgan fingerprint density at radius 3 is 1.32 bits per heavy atom. The lowest BCUT2D eigenvalue weighted by Gasteiger charge is -2.09. The summed E-state index contributed by atoms with van der Waals surface area (Å²) in [7, 11) is 2.81. The Bertz CT molecular complexity index is 465. The molecule has 6 heteroatoms. The minimum Gasteiger partial charge on any atom is -0.494 e. The smallest absolute Gasteiger partial charge is 0.305 e. The highest BCUT2D eigenvalue weighted by atomic mass is 16.5. The van der Waals surface area contributed by atoms with Crippen LogP contribution in [-0.4, -0.2) is 39.4 Å². The number of ether oxygens (including phenoxy) is 4. The molecule has 160 valence electrons. The summed E-state index contributed by atoms with van der Waals surface area (Å²) in [5.41, 5.74) is 0. The molecule has 0 radical (unpaired) electrons. The van der Waals surface area contributed by atoms with E-state index in [2.05, 4.69) is 9.47 Å². The highest BCUT2D eigenvalue weighted by Gasteiger charge is 2.01. The Morgan fingerprint density at radius 2 is 1.00 bits per heavy atom. The van der Waals surface area contributed by atoms with E-state index < -0.39 is 0 Å². The minimum absolute atomic E-state index is 0.162. The molecule has 0 aliphatic heterocycles. The normalized spacial score (nSPS) is 9.71. The second-order valence-electron chi connectivity index (χ2n) is 5.94. The van der Waals surface area contributed by atoms with E-state index in [4.69, 9.17) is 9.47 Å². The van der Waals surface area contributed by atoms with E-state index >= 15 is 0 Å². The van der Waals surface area contributed by atoms with E-state index in [1.54, 1.807) is 0 Å². The van der Waals surface area contributed by atoms with Gasteiger partial charge in [-0.3, -0.25) is 9.59 Å². The van der Waals surface area contributed by atoms with Gasteiger partial charge >= 0.3 is 11.9 Å². The zero-order chi connectivity index (χ0) is 21.0. The molecular formula is C22H36O6. The van der Waals surface area contributed by atoms with Crippen LogP contribution in [0.5, 0.6) is 11.5 Å². The van der Waals surface area contributed by atoms with Crippen LogP contribution in [0.1, 0.15) is 65.2 Å². The number of carbonyl (C=O) groups is 2. The van der Waals surface area contributed by atoms with E-state index in [1.807, 2.05) is 38.1 Å². The van der Waals surface area contributed by atoms with Crippen molar-refractivity contribution in [3.63, 3.8) is 0 Å². The van der Waals surface area contributed by atoms with Gasteiger partial charge in [-0.15, -0.1) is 0 Å². The van der Waals surface area contributed by atoms with Crippen molar-refractivity contribution >= 4 is 11.9 Å². The summed E-state index contributed by atoms with van der Waals surface area (Å²) in [6, 6.07) is 7.56. The van der Waals surface area contributed by atoms with Crippen molar-refractivity contribution in [2.75, 3.05) is 27.4 Å². The topological polar surface area (TPSA) is 71.1 Å². The number of hydrogen-bond acceptors (Lipinski definition) is 6. The number of benzene rings is 1. The third-order valence-electron chi connectivity index (χ3n) is 3.87. The fourth-order valence-corrected chi connectivity index (χ4v) is 2.31. The highest BCUT2D eigenvalue weighted by molar-refractivity contribution is 5.69. The van der Waals surface area contributed by atoms with Crippen LogP contribution in [0.25, 0.3) is 0 Å². The third-order valence-corrected chi connectivity index (χ3v) is 3.87. The fourth-order valence-electron chi connectivity index (χ4n) is 2.31. The van der Waals surface area contributed by atoms with E-state index in [1.165, 1.54) is 14.2 Å². The maximum Gasteiger partial charge on any atom is 0.305 e. The van der Waals surface area contributed by atoms with Crippen LogP contribution in [0.4, 0.5) is 0 Å². The molecule has 0 N–H and O–H groups in total. The zero-order valence-electron chi connectivity index (χ0n) is 17.8. The van der Waals surface area contributed by atoms with Crippen molar-refractivity contribution in [1.29, 1.82) is 0 Å². The van der Waals surface area contributed by atoms with Gasteiger partial charge in [-0.2, -0.15) is 0 Å². The predicted octanol–water partition coefficient (Wildman–Crippen LogP) is 4.94. The van der Waals surface area contributed by atoms with E-state index in [9.17, 15) is 9.59 Å². The highest BCUT2D eigenvalue weighted by Crippen LogP contribution is 2.18. The monoisotopic (exact) mass is 396 g/mol. The number of unbranched alkanes of at least 4 members (excludes halogenated alkanes) is 4. The van der Waals surface area contributed by atoms with Crippen LogP contribution < -0.4 is 9.47 Å². The summed E-state index contributed by atoms with van der Waals surface area (Å²) < 4.78 is 20.5. The molecule has 0 amide bonds. The molecule has 0 fully saturated rings. The molecule has 0 heterocycles. The third kappa shape index (κ3) is 13.9. The van der Waals surface area contributed by atoms with Crippen LogP contribution in [0.3, 0.4) is 0 Å². The van der Waals surface area contributed by atoms with Crippen molar-refractivity contribution in [3.8, 4) is 11.5 Å². The van der Waals surface area contributed by atoms with Crippen LogP contribution in [0.15, 0.2) is 24.3 Å². The molecule has 0 saturated heterocycles. The predicted molar refractivity (Wildman–Crippen MR) is 110 cm³/mol. The average Bonchev–Trinajstić information content (AvgIpc) is 2.74. The fraction of sp³-hybridized carbons (Fsp3) is 0.636. The summed E-state index contributed by atoms with van der Waals surface area (Å²) >= 11 is 0. The van der Waals surface area contributed by atoms with Gasteiger partial charge in [0.1, 0.15) is 11.5 Å². The molecule has 28 heavy (non-hydrogen) atoms. The average molecular weight is 397 g/mol. The molecular weight excluding hydrogens is 360 g/mol. The molecule has 0 atom stereocenters. The molecule has 1 aromatic carbocycles. The van der Waals surface area contributed by atoms with Crippen LogP contribution >= 0.6 is 0 Å². The summed E-state index contributed by atoms with van der Waals surface area (Å²) in [4.78, 5) is 22.0. The second kappa shape index (κ2) is 18.1. The maximum atomic E-state index is 11.0. The van der Waals surface area contributed by atoms with Gasteiger partial charge in [0.2, 0.25) is 0 Å². The van der Waals surface area contributed by atoms with E-state index in [-0.39, 0.29) is 11.9 Å². The van der Waals surface area contributed by atoms with E-state index in [0.29, 0.717) is 26.1 Å². The number of carbonyl (C=O) groups excluding carboxylic acids is 2. The molecule has 0 aliphatic carbocycles. The molecule has 0 aromatic heterocycles. The van der Waals surface area contributed by atoms with Gasteiger partial charge in [0.05, 0.1) is 27.4 Å². The van der Waals surface area contributed by atoms with Crippen molar-refractivity contribution in [3.05, 3.63) is 24.3 Å². The zero-order valence-corrected chi connectivity index (χ0v) is 17.8. The van der Waals surface area contributed by atoms with Gasteiger partial charge in [0, 0.05) is 12.8 Å². The van der Waals surface area contributed by atoms with Gasteiger partial charge in [0.25, 0.3) is 0 Å². The SMILES string of the molecule is CC.COC(=O)CCCCCOc1ccc(OCCCCCC(=O)OC)cc1. The minimum atomic E-state index is -0.162. The molecule has 0 unspecified atom stereocenters. The molecule has 6 nitrogen and oxygen atoms in total. The quantitative estimate of drug-likeness (QED) is 0.328. The van der Waals surface area contributed by atoms with Gasteiger partial charge in [-0.25, -0.2) is 0 Å². The summed E-state index contributed by atoms with van der Waals surface area (Å²) in [6.07, 6.45) is 6.25. The standard InChI is InChI=1S/C20H30O6.C2H6/c1-23-19(21)9-5-3-7-15-25-17-11-13-18(14-12-17)26-16-8-4-6-10-20(22)24-2;1-2/h11-14H,3-10,15-16H2,1-2H3;1-2H3. The van der Waals surface area contributed by atoms with Gasteiger partial charge in [-0.05, 0) is 62.8 Å². The first kappa shape index (κ1) is 25.8. The molecule has 0 saturated carbocycles. The number of rotatable bonds is 14. The lowest BCUT2D eigenvalue weighted by atomic mass is 10.2. The van der Waals surface area contributed by atoms with E-state index in [0.717, 1.165) is 50.0 Å². The van der Waals surface area contributed by atoms with Crippen molar-refractivity contribution in [2.24, 2.45) is 0 Å². The van der Waals surface area contributed by atoms with Gasteiger partial charge < -0.3 is 18.9 Å². The van der Waals surface area contributed by atoms with Crippen LogP contribution in [0.2, 0.25) is 0 Å². The Labute approximate surface area is 169 Å².